The molecule has 28 nitrogen and oxygen atoms in total. The number of nitrogens with zero attached hydrogens (tertiary/aromatic N) is 12. The van der Waals surface area contributed by atoms with Gasteiger partial charge in [-0.15, -0.1) is 44.2 Å². The van der Waals surface area contributed by atoms with Crippen LogP contribution in [-0.4, -0.2) is 149 Å². The molecule has 2 unspecified atom stereocenters. The first kappa shape index (κ1) is 102. The number of hydrogen-bond acceptors (Lipinski definition) is 25. The Morgan fingerprint density at radius 1 is 0.392 bits per heavy atom. The van der Waals surface area contributed by atoms with Gasteiger partial charge in [0, 0.05) is 183 Å². The van der Waals surface area contributed by atoms with E-state index in [9.17, 15) is 43.1 Å². The van der Waals surface area contributed by atoms with Crippen LogP contribution in [0.1, 0.15) is 196 Å². The van der Waals surface area contributed by atoms with Gasteiger partial charge in [-0.2, -0.15) is 0 Å². The van der Waals surface area contributed by atoms with E-state index in [0.717, 1.165) is 119 Å². The highest BCUT2D eigenvalue weighted by Crippen LogP contribution is 2.61. The normalized spacial score (nSPS) is 15.2. The predicted molar refractivity (Wildman–Crippen MR) is 574 cm³/mol. The molecule has 0 bridgehead atoms. The van der Waals surface area contributed by atoms with Gasteiger partial charge in [0.05, 0.1) is 50.0 Å². The fourth-order valence-corrected chi connectivity index (χ4v) is 21.8. The number of benzene rings is 8. The molecule has 0 radical (unpaired) electrons. The second kappa shape index (κ2) is 42.0. The van der Waals surface area contributed by atoms with Gasteiger partial charge < -0.3 is 60.0 Å². The Morgan fingerprint density at radius 2 is 0.757 bits per heavy atom. The number of carbonyl (C=O) groups excluding carboxylic acids is 7. The number of fused-ring (bicyclic) bond motifs is 8. The maximum Gasteiger partial charge on any atom is 0.253 e. The lowest BCUT2D eigenvalue weighted by atomic mass is 9.66. The van der Waals surface area contributed by atoms with Crippen LogP contribution in [0.4, 0.5) is 24.9 Å². The average Bonchev–Trinajstić information content (AvgIpc) is 1.68. The van der Waals surface area contributed by atoms with Crippen LogP contribution in [0.25, 0.3) is 45.0 Å². The highest BCUT2D eigenvalue weighted by atomic mass is 32.1. The summed E-state index contributed by atoms with van der Waals surface area (Å²) >= 11 is 5.55. The molecule has 7 amide bonds. The Labute approximate surface area is 872 Å². The van der Waals surface area contributed by atoms with Crippen LogP contribution in [0, 0.1) is 41.3 Å². The van der Waals surface area contributed by atoms with Gasteiger partial charge in [-0.25, -0.2) is 39.3 Å². The molecule has 16 aromatic rings. The van der Waals surface area contributed by atoms with Gasteiger partial charge in [0.2, 0.25) is 52.3 Å². The lowest BCUT2D eigenvalue weighted by Gasteiger charge is -2.40. The molecule has 0 saturated heterocycles. The van der Waals surface area contributed by atoms with Gasteiger partial charge >= 0.3 is 0 Å². The summed E-state index contributed by atoms with van der Waals surface area (Å²) in [6.45, 7) is 18.8. The van der Waals surface area contributed by atoms with Crippen LogP contribution in [0.15, 0.2) is 266 Å². The minimum absolute atomic E-state index is 0.00262. The molecule has 8 aromatic heterocycles. The number of rotatable bonds is 20. The van der Waals surface area contributed by atoms with Crippen LogP contribution < -0.4 is 40.2 Å². The summed E-state index contributed by atoms with van der Waals surface area (Å²) < 4.78 is 39.8. The molecule has 148 heavy (non-hydrogen) atoms. The van der Waals surface area contributed by atoms with Crippen LogP contribution in [0.5, 0.6) is 46.5 Å². The Bertz CT molecular complexity index is 7710. The van der Waals surface area contributed by atoms with Gasteiger partial charge in [0.15, 0.2) is 27.0 Å². The molecule has 1 saturated carbocycles. The van der Waals surface area contributed by atoms with E-state index in [1.54, 1.807) is 126 Å². The van der Waals surface area contributed by atoms with E-state index in [0.29, 0.717) is 83.2 Å². The minimum atomic E-state index is -1.00. The number of aryl methyl sites for hydroxylation is 2. The van der Waals surface area contributed by atoms with Gasteiger partial charge in [-0.05, 0) is 131 Å². The van der Waals surface area contributed by atoms with Crippen LogP contribution in [-0.2, 0) is 24.8 Å². The second-order valence-electron chi connectivity index (χ2n) is 39.7. The summed E-state index contributed by atoms with van der Waals surface area (Å²) in [5, 5.41) is 34.0. The Morgan fingerprint density at radius 3 is 1.14 bits per heavy atom. The zero-order chi connectivity index (χ0) is 105. The number of anilines is 4. The lowest BCUT2D eigenvalue weighted by Crippen LogP contribution is -2.40. The van der Waals surface area contributed by atoms with Crippen LogP contribution in [0.3, 0.4) is 0 Å². The van der Waals surface area contributed by atoms with Crippen LogP contribution >= 0.6 is 45.3 Å². The SMILES string of the molecule is CC(C)(O)c1ccc(-c2ccc3c(n2)Oc2ccccc2[C@@H]3C(C)(C)C(=O)Nc2nncs2)cc1.CN(C)C(=O)c1ccc(-c2ccc3c(n2)Oc2ccccc2C3C2(C(=O)Nc3nccs3)CCCC2)cc1.Cc1cnc(NC(=O)C(C)(C)C2c3ccc(-c4ccc(C(=O)N(C)C)cc4)nc3Oc3c(F)cccc32)s1.Cc1cnc(NC(=O)C(C)(C)[C@H]2c3ccccc3Oc3nc(-c4ccc(C(=O)N(C)C)cc4)ccc32)s1. The quantitative estimate of drug-likeness (QED) is 0.0473. The van der Waals surface area contributed by atoms with Gasteiger partial charge in [-0.1, -0.05) is 217 Å². The second-order valence-corrected chi connectivity index (χ2v) is 43.9. The molecule has 1 aliphatic carbocycles. The standard InChI is InChI=1S/C30H28N4O3S.C29H27FN4O3S.C29H28N4O3S.C27H26N4O3S/c1-34(2)27(35)20-11-9-19(10-12-20)23-14-13-22-25(21-7-3-4-8-24(21)37-26(22)32-23)30(15-5-6-16-30)28(36)33-29-31-17-18-38-29;1-16-15-31-28(38-16)33-27(36)29(2,3)23-19-7-6-8-21(30)24(19)37-25-20(23)13-14-22(32-25)17-9-11-18(12-10-17)26(35)34(4)5;1-17-16-30-28(37-17)32-27(35)29(2,3)24-20-8-6-7-9-23(20)36-25-21(24)14-15-22(31-25)18-10-12-19(13-11-18)26(34)33(4)5;1-26(2,24(32)30-25-31-28-15-35-25)22-18-7-5-6-8-21(18)34-23-19(22)13-14-20(29-23)16-9-11-17(12-10-16)27(3,4)33/h3-4,7-14,17-18,25H,5-6,15-16H2,1-2H3,(H,31,33,36);6-15,23H,1-5H3,(H,31,33,36);6-16,24H,1-5H3,(H,30,32,35);5-15,22,33H,1-4H3,(H,30,31,32)/t;;24-;22-/m..00/s1. The number of amides is 7. The Hall–Kier alpha value is -15.8. The van der Waals surface area contributed by atoms with Crippen molar-refractivity contribution >= 4 is 107 Å². The zero-order valence-electron chi connectivity index (χ0n) is 84.4. The van der Waals surface area contributed by atoms with Crippen molar-refractivity contribution < 1.29 is 62.0 Å². The Balaban J connectivity index is 0.000000129. The molecule has 5 aliphatic rings. The monoisotopic (exact) mass is 2050 g/mol. The first-order valence-electron chi connectivity index (χ1n) is 48.2. The summed E-state index contributed by atoms with van der Waals surface area (Å²) in [6.07, 6.45) is 8.71. The fraction of sp³-hybridized carbons (Fsp3) is 0.252. The first-order chi connectivity index (χ1) is 70.8. The number of para-hydroxylation sites is 4. The maximum atomic E-state index is 15.0. The number of hydrogen-bond donors (Lipinski definition) is 5. The molecule has 1 fully saturated rings. The highest BCUT2D eigenvalue weighted by Gasteiger charge is 2.54. The number of aromatic nitrogens is 9. The van der Waals surface area contributed by atoms with Gasteiger partial charge in [-0.3, -0.25) is 33.6 Å². The summed E-state index contributed by atoms with van der Waals surface area (Å²) in [7, 11) is 10.3. The number of thiazole rings is 3. The molecule has 5 N–H and O–H groups in total. The Kier molecular flexibility index (Phi) is 29.0. The largest absolute Gasteiger partial charge is 0.438 e. The third kappa shape index (κ3) is 20.9. The molecule has 12 heterocycles. The zero-order valence-corrected chi connectivity index (χ0v) is 87.6. The first-order valence-corrected chi connectivity index (χ1v) is 51.6. The predicted octanol–water partition coefficient (Wildman–Crippen LogP) is 24.4. The third-order valence-corrected chi connectivity index (χ3v) is 30.3. The molecule has 4 atom stereocenters. The van der Waals surface area contributed by atoms with Crippen LogP contribution in [0.2, 0.25) is 0 Å². The topological polar surface area (TPSA) is 350 Å². The van der Waals surface area contributed by atoms with Crippen molar-refractivity contribution in [2.45, 2.75) is 124 Å². The summed E-state index contributed by atoms with van der Waals surface area (Å²) in [5.41, 5.74) is 13.0. The molecule has 33 heteroatoms. The van der Waals surface area contributed by atoms with Crippen molar-refractivity contribution in [2.75, 3.05) is 63.6 Å². The molecule has 752 valence electrons. The van der Waals surface area contributed by atoms with Crippen molar-refractivity contribution in [3.05, 3.63) is 348 Å². The summed E-state index contributed by atoms with van der Waals surface area (Å²) in [5.74, 6) is 1.35. The van der Waals surface area contributed by atoms with Crippen molar-refractivity contribution in [3.63, 3.8) is 0 Å². The molecule has 4 aliphatic heterocycles. The molecular weight excluding hydrogens is 1940 g/mol. The number of halogens is 1. The average molecular weight is 2050 g/mol. The van der Waals surface area contributed by atoms with E-state index in [1.165, 1.54) is 56.3 Å². The smallest absolute Gasteiger partial charge is 0.253 e. The van der Waals surface area contributed by atoms with E-state index in [4.69, 9.17) is 38.9 Å². The number of pyridine rings is 4. The van der Waals surface area contributed by atoms with Crippen molar-refractivity contribution in [2.24, 2.45) is 21.7 Å². The maximum absolute atomic E-state index is 15.0. The van der Waals surface area contributed by atoms with Crippen molar-refractivity contribution in [1.29, 1.82) is 0 Å². The number of nitrogens with one attached hydrogen (secondary N) is 4. The molecular formula is C115H109FN16O12S4. The summed E-state index contributed by atoms with van der Waals surface area (Å²) in [6, 6.07) is 73.4. The van der Waals surface area contributed by atoms with E-state index in [2.05, 4.69) is 52.5 Å². The van der Waals surface area contributed by atoms with E-state index in [-0.39, 0.29) is 70.7 Å². The van der Waals surface area contributed by atoms with Gasteiger partial charge in [0.25, 0.3) is 17.7 Å². The number of ether oxygens (including phenoxy) is 4. The molecule has 8 aromatic carbocycles. The van der Waals surface area contributed by atoms with E-state index >= 15 is 0 Å². The van der Waals surface area contributed by atoms with Gasteiger partial charge in [0.1, 0.15) is 22.8 Å². The minimum Gasteiger partial charge on any atom is -0.438 e. The number of carbonyl (C=O) groups is 7. The molecule has 0 spiro atoms. The lowest BCUT2D eigenvalue weighted by molar-refractivity contribution is -0.126. The molecule has 21 rings (SSSR count). The van der Waals surface area contributed by atoms with E-state index < -0.39 is 39.0 Å². The number of aliphatic hydroxyl groups is 1. The van der Waals surface area contributed by atoms with Crippen molar-refractivity contribution in [3.8, 4) is 91.5 Å². The summed E-state index contributed by atoms with van der Waals surface area (Å²) in [4.78, 5) is 130. The highest BCUT2D eigenvalue weighted by molar-refractivity contribution is 7.16. The van der Waals surface area contributed by atoms with Crippen molar-refractivity contribution in [1.82, 2.24) is 59.8 Å². The van der Waals surface area contributed by atoms with E-state index in [1.807, 2.05) is 249 Å². The third-order valence-electron chi connectivity index (χ3n) is 27.3. The fourth-order valence-electron chi connectivity index (χ4n) is 19.5.